The van der Waals surface area contributed by atoms with Gasteiger partial charge in [0.25, 0.3) is 0 Å². The first-order chi connectivity index (χ1) is 7.61. The Morgan fingerprint density at radius 3 is 2.31 bits per heavy atom. The van der Waals surface area contributed by atoms with Crippen molar-refractivity contribution in [3.05, 3.63) is 27.7 Å². The first-order valence-electron chi connectivity index (χ1n) is 5.59. The highest BCUT2D eigenvalue weighted by atomic mass is 35.5. The van der Waals surface area contributed by atoms with Gasteiger partial charge in [0.1, 0.15) is 0 Å². The molecule has 0 amide bonds. The second-order valence-corrected chi connectivity index (χ2v) is 5.08. The Balaban J connectivity index is 2.14. The zero-order chi connectivity index (χ0) is 11.7. The van der Waals surface area contributed by atoms with Gasteiger partial charge in [-0.05, 0) is 37.1 Å². The van der Waals surface area contributed by atoms with E-state index in [0.717, 1.165) is 24.7 Å². The lowest BCUT2D eigenvalue weighted by atomic mass is 10.2. The Bertz CT molecular complexity index is 366. The van der Waals surface area contributed by atoms with Gasteiger partial charge in [-0.25, -0.2) is 0 Å². The monoisotopic (exact) mass is 258 g/mol. The first-order valence-corrected chi connectivity index (χ1v) is 6.35. The summed E-state index contributed by atoms with van der Waals surface area (Å²) in [5.74, 6) is 0. The van der Waals surface area contributed by atoms with Gasteiger partial charge < -0.3 is 5.73 Å². The summed E-state index contributed by atoms with van der Waals surface area (Å²) in [4.78, 5) is 2.44. The molecule has 0 radical (unpaired) electrons. The number of nitrogens with zero attached hydrogens (tertiary/aromatic N) is 1. The molecule has 16 heavy (non-hydrogen) atoms. The van der Waals surface area contributed by atoms with Gasteiger partial charge in [-0.3, -0.25) is 4.90 Å². The van der Waals surface area contributed by atoms with E-state index in [1.54, 1.807) is 0 Å². The highest BCUT2D eigenvalue weighted by molar-refractivity contribution is 6.38. The molecule has 0 aliphatic heterocycles. The summed E-state index contributed by atoms with van der Waals surface area (Å²) < 4.78 is 0. The van der Waals surface area contributed by atoms with Crippen LogP contribution in [0, 0.1) is 0 Å². The molecular weight excluding hydrogens is 243 g/mol. The topological polar surface area (TPSA) is 29.3 Å². The van der Waals surface area contributed by atoms with Crippen LogP contribution in [0.3, 0.4) is 0 Å². The number of nitrogen functional groups attached to an aromatic ring is 1. The first kappa shape index (κ1) is 12.0. The van der Waals surface area contributed by atoms with Crippen LogP contribution in [-0.4, -0.2) is 17.5 Å². The van der Waals surface area contributed by atoms with Gasteiger partial charge in [0, 0.05) is 12.6 Å². The van der Waals surface area contributed by atoms with Crippen LogP contribution in [0.2, 0.25) is 10.0 Å². The largest absolute Gasteiger partial charge is 0.396 e. The average molecular weight is 259 g/mol. The van der Waals surface area contributed by atoms with E-state index in [9.17, 15) is 0 Å². The van der Waals surface area contributed by atoms with Crippen molar-refractivity contribution in [2.24, 2.45) is 0 Å². The lowest BCUT2D eigenvalue weighted by Gasteiger charge is -2.20. The number of halogens is 2. The fourth-order valence-corrected chi connectivity index (χ4v) is 2.43. The maximum absolute atomic E-state index is 6.01. The molecule has 0 aromatic heterocycles. The molecule has 0 saturated heterocycles. The Hall–Kier alpha value is -0.440. The molecule has 0 unspecified atom stereocenters. The van der Waals surface area contributed by atoms with Gasteiger partial charge in [0.2, 0.25) is 0 Å². The molecule has 1 aliphatic carbocycles. The van der Waals surface area contributed by atoms with Gasteiger partial charge in [0.15, 0.2) is 0 Å². The van der Waals surface area contributed by atoms with E-state index in [1.807, 2.05) is 12.1 Å². The van der Waals surface area contributed by atoms with Crippen LogP contribution in [0.1, 0.15) is 25.3 Å². The van der Waals surface area contributed by atoms with Crippen molar-refractivity contribution in [3.63, 3.8) is 0 Å². The highest BCUT2D eigenvalue weighted by Crippen LogP contribution is 2.32. The molecule has 0 bridgehead atoms. The molecule has 1 fully saturated rings. The Morgan fingerprint density at radius 2 is 1.88 bits per heavy atom. The number of nitrogens with two attached hydrogens (primary N) is 1. The summed E-state index contributed by atoms with van der Waals surface area (Å²) in [6, 6.07) is 4.57. The van der Waals surface area contributed by atoms with Crippen LogP contribution < -0.4 is 5.73 Å². The molecule has 1 saturated carbocycles. The van der Waals surface area contributed by atoms with Crippen molar-refractivity contribution in [1.82, 2.24) is 4.90 Å². The standard InChI is InChI=1S/C12H16Cl2N2/c1-2-16(9-3-4-9)7-8-5-10(13)12(15)11(14)6-8/h5-6,9H,2-4,7,15H2,1H3. The van der Waals surface area contributed by atoms with Gasteiger partial charge in [-0.1, -0.05) is 30.1 Å². The summed E-state index contributed by atoms with van der Waals surface area (Å²) in [6.07, 6.45) is 2.62. The fourth-order valence-electron chi connectivity index (χ4n) is 1.90. The molecule has 0 heterocycles. The smallest absolute Gasteiger partial charge is 0.0693 e. The van der Waals surface area contributed by atoms with E-state index in [2.05, 4.69) is 11.8 Å². The van der Waals surface area contributed by atoms with E-state index in [4.69, 9.17) is 28.9 Å². The third-order valence-corrected chi connectivity index (χ3v) is 3.62. The van der Waals surface area contributed by atoms with Crippen LogP contribution in [0.15, 0.2) is 12.1 Å². The highest BCUT2D eigenvalue weighted by Gasteiger charge is 2.27. The molecule has 2 nitrogen and oxygen atoms in total. The second-order valence-electron chi connectivity index (χ2n) is 4.27. The van der Waals surface area contributed by atoms with Crippen molar-refractivity contribution in [1.29, 1.82) is 0 Å². The Kier molecular flexibility index (Phi) is 3.63. The van der Waals surface area contributed by atoms with Crippen molar-refractivity contribution < 1.29 is 0 Å². The molecule has 88 valence electrons. The predicted molar refractivity (Wildman–Crippen MR) is 70.0 cm³/mol. The molecule has 2 N–H and O–H groups in total. The van der Waals surface area contributed by atoms with E-state index in [1.165, 1.54) is 12.8 Å². The van der Waals surface area contributed by atoms with E-state index >= 15 is 0 Å². The zero-order valence-electron chi connectivity index (χ0n) is 9.34. The quantitative estimate of drug-likeness (QED) is 0.838. The minimum atomic E-state index is 0.474. The number of benzene rings is 1. The van der Waals surface area contributed by atoms with Gasteiger partial charge in [-0.2, -0.15) is 0 Å². The average Bonchev–Trinajstić information content (AvgIpc) is 3.06. The van der Waals surface area contributed by atoms with Crippen LogP contribution >= 0.6 is 23.2 Å². The number of rotatable bonds is 4. The van der Waals surface area contributed by atoms with Crippen molar-refractivity contribution in [3.8, 4) is 0 Å². The lowest BCUT2D eigenvalue weighted by molar-refractivity contribution is 0.269. The molecule has 2 rings (SSSR count). The summed E-state index contributed by atoms with van der Waals surface area (Å²) in [6.45, 7) is 4.14. The van der Waals surface area contributed by atoms with Gasteiger partial charge in [-0.15, -0.1) is 0 Å². The van der Waals surface area contributed by atoms with E-state index in [0.29, 0.717) is 15.7 Å². The van der Waals surface area contributed by atoms with Crippen LogP contribution in [-0.2, 0) is 6.54 Å². The molecule has 1 aromatic rings. The normalized spacial score (nSPS) is 15.8. The second kappa shape index (κ2) is 4.82. The van der Waals surface area contributed by atoms with Crippen LogP contribution in [0.5, 0.6) is 0 Å². The van der Waals surface area contributed by atoms with Crippen molar-refractivity contribution >= 4 is 28.9 Å². The molecule has 4 heteroatoms. The minimum absolute atomic E-state index is 0.474. The maximum atomic E-state index is 6.01. The molecule has 0 spiro atoms. The Morgan fingerprint density at radius 1 is 1.31 bits per heavy atom. The fraction of sp³-hybridized carbons (Fsp3) is 0.500. The van der Waals surface area contributed by atoms with Gasteiger partial charge >= 0.3 is 0 Å². The predicted octanol–water partition coefficient (Wildman–Crippen LogP) is 3.56. The summed E-state index contributed by atoms with van der Waals surface area (Å²) in [7, 11) is 0. The SMILES string of the molecule is CCN(Cc1cc(Cl)c(N)c(Cl)c1)C1CC1. The van der Waals surface area contributed by atoms with Crippen LogP contribution in [0.25, 0.3) is 0 Å². The molecule has 1 aromatic carbocycles. The van der Waals surface area contributed by atoms with Gasteiger partial charge in [0.05, 0.1) is 15.7 Å². The third-order valence-electron chi connectivity index (χ3n) is 2.99. The lowest BCUT2D eigenvalue weighted by Crippen LogP contribution is -2.25. The maximum Gasteiger partial charge on any atom is 0.0693 e. The zero-order valence-corrected chi connectivity index (χ0v) is 10.9. The van der Waals surface area contributed by atoms with E-state index in [-0.39, 0.29) is 0 Å². The molecule has 1 aliphatic rings. The molecule has 0 atom stereocenters. The molecular formula is C12H16Cl2N2. The van der Waals surface area contributed by atoms with Crippen molar-refractivity contribution in [2.45, 2.75) is 32.4 Å². The summed E-state index contributed by atoms with van der Waals surface area (Å²) in [5, 5.41) is 1.10. The summed E-state index contributed by atoms with van der Waals surface area (Å²) in [5.41, 5.74) is 7.32. The summed E-state index contributed by atoms with van der Waals surface area (Å²) >= 11 is 12.0. The minimum Gasteiger partial charge on any atom is -0.396 e. The third kappa shape index (κ3) is 2.62. The number of hydrogen-bond donors (Lipinski definition) is 1. The Labute approximate surface area is 106 Å². The van der Waals surface area contributed by atoms with E-state index < -0.39 is 0 Å². The van der Waals surface area contributed by atoms with Crippen molar-refractivity contribution in [2.75, 3.05) is 12.3 Å². The van der Waals surface area contributed by atoms with Crippen LogP contribution in [0.4, 0.5) is 5.69 Å². The number of hydrogen-bond acceptors (Lipinski definition) is 2. The number of anilines is 1.